The molecule has 0 aliphatic heterocycles. The van der Waals surface area contributed by atoms with E-state index in [9.17, 15) is 22.9 Å². The van der Waals surface area contributed by atoms with Crippen LogP contribution in [0.3, 0.4) is 0 Å². The smallest absolute Gasteiger partial charge is 0.294 e. The number of fused-ring (bicyclic) bond motifs is 1. The van der Waals surface area contributed by atoms with Crippen LogP contribution in [0, 0.1) is 6.92 Å². The molecule has 0 radical (unpaired) electrons. The van der Waals surface area contributed by atoms with Gasteiger partial charge >= 0.3 is 0 Å². The number of benzene rings is 4. The van der Waals surface area contributed by atoms with E-state index in [2.05, 4.69) is 15.5 Å². The predicted octanol–water partition coefficient (Wildman–Crippen LogP) is 7.47. The lowest BCUT2D eigenvalue weighted by Gasteiger charge is -2.13. The van der Waals surface area contributed by atoms with Gasteiger partial charge in [0.25, 0.3) is 16.0 Å². The van der Waals surface area contributed by atoms with E-state index in [1.54, 1.807) is 56.3 Å². The number of amides is 1. The molecule has 0 atom stereocenters. The number of anilines is 1. The Balaban J connectivity index is 1.79. The second kappa shape index (κ2) is 11.0. The molecule has 1 amide bonds. The summed E-state index contributed by atoms with van der Waals surface area (Å²) in [7, 11) is -4.55. The standard InChI is InChI=1S/C26H21Cl2N3O6S/c1-3-37-23-11-16(8-9-20(23)27)29-26(33)19-10-15-6-4-5-7-18(15)24(25(19)32)31-30-22-13-17(38(34,35)36)12-21(28)14(22)2/h4-13,32H,3H2,1-2H3,(H,29,33)(H,34,35,36). The Morgan fingerprint density at radius 3 is 2.47 bits per heavy atom. The van der Waals surface area contributed by atoms with Crippen LogP contribution in [0.4, 0.5) is 17.1 Å². The van der Waals surface area contributed by atoms with E-state index in [0.29, 0.717) is 39.4 Å². The van der Waals surface area contributed by atoms with Crippen LogP contribution in [0.25, 0.3) is 10.8 Å². The second-order valence-corrected chi connectivity index (χ2v) is 10.3. The van der Waals surface area contributed by atoms with Crippen LogP contribution in [0.1, 0.15) is 22.8 Å². The average molecular weight is 574 g/mol. The molecule has 38 heavy (non-hydrogen) atoms. The molecule has 0 bridgehead atoms. The van der Waals surface area contributed by atoms with Crippen LogP contribution in [0.5, 0.6) is 11.5 Å². The number of rotatable bonds is 7. The maximum Gasteiger partial charge on any atom is 0.294 e. The fourth-order valence-corrected chi connectivity index (χ4v) is 4.61. The number of hydrogen-bond donors (Lipinski definition) is 3. The molecule has 4 aromatic carbocycles. The van der Waals surface area contributed by atoms with Crippen molar-refractivity contribution in [1.82, 2.24) is 0 Å². The van der Waals surface area contributed by atoms with Crippen LogP contribution < -0.4 is 10.1 Å². The zero-order chi connectivity index (χ0) is 27.6. The Kier molecular flexibility index (Phi) is 7.89. The molecule has 0 aliphatic carbocycles. The first kappa shape index (κ1) is 27.3. The zero-order valence-corrected chi connectivity index (χ0v) is 22.4. The van der Waals surface area contributed by atoms with Crippen LogP contribution in [0.15, 0.2) is 75.8 Å². The Hall–Kier alpha value is -3.70. The van der Waals surface area contributed by atoms with Crippen molar-refractivity contribution in [3.05, 3.63) is 81.8 Å². The number of azo groups is 1. The lowest BCUT2D eigenvalue weighted by molar-refractivity contribution is 0.102. The van der Waals surface area contributed by atoms with Crippen LogP contribution in [0.2, 0.25) is 10.0 Å². The van der Waals surface area contributed by atoms with Gasteiger partial charge in [-0.3, -0.25) is 9.35 Å². The second-order valence-electron chi connectivity index (χ2n) is 8.10. The number of phenolic OH excluding ortho intramolecular Hbond substituents is 1. The number of nitrogens with zero attached hydrogens (tertiary/aromatic N) is 2. The van der Waals surface area contributed by atoms with E-state index in [4.69, 9.17) is 27.9 Å². The third kappa shape index (κ3) is 5.73. The van der Waals surface area contributed by atoms with Gasteiger partial charge in [0.2, 0.25) is 0 Å². The fourth-order valence-electron chi connectivity index (χ4n) is 3.63. The normalized spacial score (nSPS) is 11.7. The summed E-state index contributed by atoms with van der Waals surface area (Å²) in [6.07, 6.45) is 0. The van der Waals surface area contributed by atoms with E-state index < -0.39 is 26.7 Å². The topological polar surface area (TPSA) is 138 Å². The SMILES string of the molecule is CCOc1cc(NC(=O)c2cc3ccccc3c(N=Nc3cc(S(=O)(=O)O)cc(Cl)c3C)c2O)ccc1Cl. The van der Waals surface area contributed by atoms with Gasteiger partial charge in [-0.15, -0.1) is 5.11 Å². The number of carbonyl (C=O) groups is 1. The number of nitrogens with one attached hydrogen (secondary N) is 1. The van der Waals surface area contributed by atoms with Gasteiger partial charge in [0, 0.05) is 22.2 Å². The molecule has 0 aromatic heterocycles. The number of ether oxygens (including phenoxy) is 1. The highest BCUT2D eigenvalue weighted by Crippen LogP contribution is 2.41. The zero-order valence-electron chi connectivity index (χ0n) is 20.1. The quantitative estimate of drug-likeness (QED) is 0.155. The molecular formula is C26H21Cl2N3O6S. The summed E-state index contributed by atoms with van der Waals surface area (Å²) in [5.74, 6) is -0.675. The number of halogens is 2. The van der Waals surface area contributed by atoms with Crippen molar-refractivity contribution in [2.75, 3.05) is 11.9 Å². The minimum absolute atomic E-state index is 0.0212. The van der Waals surface area contributed by atoms with Crippen LogP contribution in [-0.2, 0) is 10.1 Å². The number of hydrogen-bond acceptors (Lipinski definition) is 7. The molecule has 0 saturated carbocycles. The van der Waals surface area contributed by atoms with Gasteiger partial charge in [0.15, 0.2) is 5.75 Å². The highest BCUT2D eigenvalue weighted by Gasteiger charge is 2.20. The highest BCUT2D eigenvalue weighted by atomic mass is 35.5. The van der Waals surface area contributed by atoms with E-state index in [1.807, 2.05) is 0 Å². The Morgan fingerprint density at radius 1 is 1.03 bits per heavy atom. The molecule has 0 saturated heterocycles. The Labute approximate surface area is 228 Å². The third-order valence-electron chi connectivity index (χ3n) is 5.57. The lowest BCUT2D eigenvalue weighted by Crippen LogP contribution is -2.12. The molecule has 3 N–H and O–H groups in total. The fraction of sp³-hybridized carbons (Fsp3) is 0.115. The molecule has 12 heteroatoms. The minimum atomic E-state index is -4.55. The summed E-state index contributed by atoms with van der Waals surface area (Å²) in [4.78, 5) is 12.7. The largest absolute Gasteiger partial charge is 0.505 e. The summed E-state index contributed by atoms with van der Waals surface area (Å²) in [5, 5.41) is 23.5. The van der Waals surface area contributed by atoms with E-state index >= 15 is 0 Å². The summed E-state index contributed by atoms with van der Waals surface area (Å²) in [6.45, 7) is 3.78. The molecular weight excluding hydrogens is 553 g/mol. The predicted molar refractivity (Wildman–Crippen MR) is 146 cm³/mol. The van der Waals surface area contributed by atoms with Gasteiger partial charge in [0.05, 0.1) is 27.8 Å². The van der Waals surface area contributed by atoms with Crippen molar-refractivity contribution < 1.29 is 27.6 Å². The van der Waals surface area contributed by atoms with Crippen LogP contribution >= 0.6 is 23.2 Å². The van der Waals surface area contributed by atoms with Crippen molar-refractivity contribution in [1.29, 1.82) is 0 Å². The number of phenols is 1. The first-order valence-corrected chi connectivity index (χ1v) is 13.4. The third-order valence-corrected chi connectivity index (χ3v) is 7.11. The average Bonchev–Trinajstić information content (AvgIpc) is 2.86. The molecule has 0 unspecified atom stereocenters. The van der Waals surface area contributed by atoms with Gasteiger partial charge in [-0.2, -0.15) is 13.5 Å². The molecule has 0 spiro atoms. The maximum atomic E-state index is 13.2. The highest BCUT2D eigenvalue weighted by molar-refractivity contribution is 7.85. The van der Waals surface area contributed by atoms with Crippen molar-refractivity contribution in [3.8, 4) is 11.5 Å². The van der Waals surface area contributed by atoms with E-state index in [-0.39, 0.29) is 22.0 Å². The molecule has 0 fully saturated rings. The minimum Gasteiger partial charge on any atom is -0.505 e. The van der Waals surface area contributed by atoms with E-state index in [0.717, 1.165) is 12.1 Å². The lowest BCUT2D eigenvalue weighted by atomic mass is 10.0. The van der Waals surface area contributed by atoms with Gasteiger partial charge in [-0.05, 0) is 55.1 Å². The maximum absolute atomic E-state index is 13.2. The monoisotopic (exact) mass is 573 g/mol. The molecule has 0 heterocycles. The number of carbonyl (C=O) groups excluding carboxylic acids is 1. The van der Waals surface area contributed by atoms with Crippen molar-refractivity contribution in [2.24, 2.45) is 10.2 Å². The molecule has 196 valence electrons. The molecule has 4 rings (SSSR count). The van der Waals surface area contributed by atoms with Crippen LogP contribution in [-0.4, -0.2) is 30.6 Å². The van der Waals surface area contributed by atoms with Crippen molar-refractivity contribution in [2.45, 2.75) is 18.7 Å². The van der Waals surface area contributed by atoms with Gasteiger partial charge in [-0.1, -0.05) is 47.5 Å². The summed E-state index contributed by atoms with van der Waals surface area (Å²) in [6, 6.07) is 15.4. The Morgan fingerprint density at radius 2 is 1.76 bits per heavy atom. The first-order chi connectivity index (χ1) is 18.0. The molecule has 4 aromatic rings. The molecule has 0 aliphatic rings. The summed E-state index contributed by atoms with van der Waals surface area (Å²) < 4.78 is 38.1. The summed E-state index contributed by atoms with van der Waals surface area (Å²) in [5.41, 5.74) is 0.742. The molecule has 9 nitrogen and oxygen atoms in total. The first-order valence-electron chi connectivity index (χ1n) is 11.2. The van der Waals surface area contributed by atoms with Crippen molar-refractivity contribution >= 4 is 67.1 Å². The summed E-state index contributed by atoms with van der Waals surface area (Å²) >= 11 is 12.2. The van der Waals surface area contributed by atoms with E-state index in [1.165, 1.54) is 6.07 Å². The van der Waals surface area contributed by atoms with Gasteiger partial charge in [0.1, 0.15) is 11.4 Å². The Bertz CT molecular complexity index is 1710. The van der Waals surface area contributed by atoms with Gasteiger partial charge < -0.3 is 15.2 Å². The van der Waals surface area contributed by atoms with Gasteiger partial charge in [-0.25, -0.2) is 0 Å². The van der Waals surface area contributed by atoms with Crippen molar-refractivity contribution in [3.63, 3.8) is 0 Å². The number of aromatic hydroxyl groups is 1.